The molecule has 0 aromatic carbocycles. The van der Waals surface area contributed by atoms with Gasteiger partial charge in [-0.05, 0) is 82.5 Å². The molecule has 2 aliphatic carbocycles. The quantitative estimate of drug-likeness (QED) is 0.131. The number of carboxylic acid groups (broad SMARTS) is 1. The summed E-state index contributed by atoms with van der Waals surface area (Å²) in [6.45, 7) is 3.76. The lowest BCUT2D eigenvalue weighted by atomic mass is 9.87. The average Bonchev–Trinajstić information content (AvgIpc) is 3.53. The van der Waals surface area contributed by atoms with E-state index in [9.17, 15) is 9.59 Å². The Kier molecular flexibility index (Phi) is 13.2. The van der Waals surface area contributed by atoms with Crippen molar-refractivity contribution in [3.8, 4) is 0 Å². The number of Topliss-reactive ketones (excluding diaryl/α,β-unsaturated/α-hetero) is 1. The van der Waals surface area contributed by atoms with Crippen molar-refractivity contribution in [3.63, 3.8) is 0 Å². The molecule has 226 valence electrons. The van der Waals surface area contributed by atoms with E-state index in [1.807, 2.05) is 0 Å². The fourth-order valence-electron chi connectivity index (χ4n) is 7.16. The van der Waals surface area contributed by atoms with Gasteiger partial charge in [0, 0.05) is 37.5 Å². The number of ether oxygens (including phenoxy) is 4. The number of hydrogen-bond donors (Lipinski definition) is 1. The summed E-state index contributed by atoms with van der Waals surface area (Å²) in [7, 11) is 0. The normalized spacial score (nSPS) is 34.2. The summed E-state index contributed by atoms with van der Waals surface area (Å²) in [6, 6.07) is 0. The zero-order chi connectivity index (χ0) is 28.2. The van der Waals surface area contributed by atoms with E-state index >= 15 is 0 Å². The molecule has 0 spiro atoms. The molecule has 4 fully saturated rings. The third-order valence-corrected chi connectivity index (χ3v) is 9.28. The second-order valence-electron chi connectivity index (χ2n) is 12.4. The van der Waals surface area contributed by atoms with Gasteiger partial charge in [0.2, 0.25) is 0 Å². The third kappa shape index (κ3) is 9.78. The Balaban J connectivity index is 1.45. The van der Waals surface area contributed by atoms with E-state index in [1.165, 1.54) is 38.2 Å². The third-order valence-electron chi connectivity index (χ3n) is 9.28. The summed E-state index contributed by atoms with van der Waals surface area (Å²) >= 11 is 0. The van der Waals surface area contributed by atoms with Crippen molar-refractivity contribution >= 4 is 11.8 Å². The number of hydrogen-bond acceptors (Lipinski definition) is 6. The molecular formula is C33H52O7. The van der Waals surface area contributed by atoms with E-state index < -0.39 is 5.97 Å². The fraction of sp³-hybridized carbons (Fsp3) is 0.818. The number of carboxylic acids is 1. The van der Waals surface area contributed by atoms with Crippen molar-refractivity contribution in [1.29, 1.82) is 0 Å². The van der Waals surface area contributed by atoms with E-state index in [0.29, 0.717) is 18.8 Å². The van der Waals surface area contributed by atoms with E-state index in [1.54, 1.807) is 6.08 Å². The Labute approximate surface area is 241 Å². The highest BCUT2D eigenvalue weighted by molar-refractivity contribution is 5.84. The van der Waals surface area contributed by atoms with Crippen LogP contribution in [0.3, 0.4) is 0 Å². The van der Waals surface area contributed by atoms with Gasteiger partial charge in [0.15, 0.2) is 12.6 Å². The molecule has 7 heteroatoms. The van der Waals surface area contributed by atoms with Crippen LogP contribution in [-0.4, -0.2) is 54.9 Å². The van der Waals surface area contributed by atoms with Crippen molar-refractivity contribution < 1.29 is 33.6 Å². The number of allylic oxidation sites excluding steroid dienone is 1. The molecule has 40 heavy (non-hydrogen) atoms. The molecule has 2 saturated heterocycles. The van der Waals surface area contributed by atoms with Gasteiger partial charge < -0.3 is 24.1 Å². The maximum atomic E-state index is 13.3. The lowest BCUT2D eigenvalue weighted by Crippen LogP contribution is -2.32. The van der Waals surface area contributed by atoms with E-state index in [4.69, 9.17) is 24.1 Å². The summed E-state index contributed by atoms with van der Waals surface area (Å²) in [5, 5.41) is 8.82. The molecule has 0 amide bonds. The molecule has 8 atom stereocenters. The minimum absolute atomic E-state index is 0.00111. The Morgan fingerprint density at radius 1 is 1.02 bits per heavy atom. The van der Waals surface area contributed by atoms with Crippen LogP contribution in [0.4, 0.5) is 0 Å². The predicted molar refractivity (Wildman–Crippen MR) is 154 cm³/mol. The molecule has 4 unspecified atom stereocenters. The lowest BCUT2D eigenvalue weighted by molar-refractivity contribution is -0.193. The first-order valence-corrected chi connectivity index (χ1v) is 16.2. The van der Waals surface area contributed by atoms with Gasteiger partial charge >= 0.3 is 5.97 Å². The van der Waals surface area contributed by atoms with Crippen molar-refractivity contribution in [2.75, 3.05) is 13.2 Å². The fourth-order valence-corrected chi connectivity index (χ4v) is 7.16. The van der Waals surface area contributed by atoms with Crippen LogP contribution in [-0.2, 0) is 28.5 Å². The topological polar surface area (TPSA) is 91.3 Å². The van der Waals surface area contributed by atoms with Crippen molar-refractivity contribution in [2.24, 2.45) is 23.7 Å². The summed E-state index contributed by atoms with van der Waals surface area (Å²) in [4.78, 5) is 24.0. The summed E-state index contributed by atoms with van der Waals surface area (Å²) in [5.74, 6) is 0.525. The average molecular weight is 561 g/mol. The zero-order valence-corrected chi connectivity index (χ0v) is 24.6. The standard InChI is InChI=1S/C33H52O7/c1-2-11-24-16-17-25(22-24)29(39-32-14-7-9-20-37-32)19-18-27-26(12-5-3-4-6-13-31(35)36)28(34)23-30(27)40-33-15-8-10-21-38-33/h6,13,18-19,24-27,29-30,32-33H,2-5,7-12,14-17,20-23H2,1H3,(H,35,36)/b13-6+,19-18+/t24?,25?,26-,27-,29-,30-,32?,33?/m1/s1. The number of carbonyl (C=O) groups excluding carboxylic acids is 1. The number of carbonyl (C=O) groups is 2. The largest absolute Gasteiger partial charge is 0.478 e. The first-order valence-electron chi connectivity index (χ1n) is 16.2. The van der Waals surface area contributed by atoms with Crippen LogP contribution in [0.1, 0.15) is 110 Å². The molecule has 4 rings (SSSR count). The molecule has 2 aliphatic heterocycles. The second-order valence-corrected chi connectivity index (χ2v) is 12.4. The highest BCUT2D eigenvalue weighted by atomic mass is 16.7. The van der Waals surface area contributed by atoms with Crippen LogP contribution >= 0.6 is 0 Å². The van der Waals surface area contributed by atoms with Gasteiger partial charge in [-0.3, -0.25) is 4.79 Å². The van der Waals surface area contributed by atoms with Gasteiger partial charge in [-0.2, -0.15) is 0 Å². The highest BCUT2D eigenvalue weighted by Gasteiger charge is 2.43. The Morgan fingerprint density at radius 2 is 1.80 bits per heavy atom. The predicted octanol–water partition coefficient (Wildman–Crippen LogP) is 6.99. The summed E-state index contributed by atoms with van der Waals surface area (Å²) < 4.78 is 25.0. The van der Waals surface area contributed by atoms with Crippen LogP contribution in [0, 0.1) is 23.7 Å². The molecule has 4 aliphatic rings. The smallest absolute Gasteiger partial charge is 0.327 e. The van der Waals surface area contributed by atoms with Gasteiger partial charge in [0.25, 0.3) is 0 Å². The number of rotatable bonds is 15. The van der Waals surface area contributed by atoms with Crippen LogP contribution in [0.2, 0.25) is 0 Å². The van der Waals surface area contributed by atoms with Crippen molar-refractivity contribution in [3.05, 3.63) is 24.3 Å². The second kappa shape index (κ2) is 16.8. The maximum Gasteiger partial charge on any atom is 0.327 e. The Bertz CT molecular complexity index is 827. The number of aliphatic carboxylic acids is 1. The van der Waals surface area contributed by atoms with Crippen molar-refractivity contribution in [1.82, 2.24) is 0 Å². The van der Waals surface area contributed by atoms with Crippen LogP contribution in [0.15, 0.2) is 24.3 Å². The molecule has 0 aromatic heterocycles. The van der Waals surface area contributed by atoms with Crippen LogP contribution in [0.25, 0.3) is 0 Å². The van der Waals surface area contributed by atoms with Gasteiger partial charge in [-0.25, -0.2) is 4.79 Å². The Morgan fingerprint density at radius 3 is 2.50 bits per heavy atom. The molecule has 1 N–H and O–H groups in total. The molecule has 0 radical (unpaired) electrons. The lowest BCUT2D eigenvalue weighted by Gasteiger charge is -2.31. The number of ketones is 1. The highest BCUT2D eigenvalue weighted by Crippen LogP contribution is 2.40. The summed E-state index contributed by atoms with van der Waals surface area (Å²) in [5.41, 5.74) is 0. The molecule has 2 heterocycles. The first-order chi connectivity index (χ1) is 19.5. The minimum Gasteiger partial charge on any atom is -0.478 e. The minimum atomic E-state index is -0.917. The van der Waals surface area contributed by atoms with Crippen molar-refractivity contribution in [2.45, 2.75) is 134 Å². The van der Waals surface area contributed by atoms with Gasteiger partial charge in [0.05, 0.1) is 12.2 Å². The van der Waals surface area contributed by atoms with E-state index in [2.05, 4.69) is 19.1 Å². The van der Waals surface area contributed by atoms with Crippen LogP contribution in [0.5, 0.6) is 0 Å². The SMILES string of the molecule is CCCC1CCC([C@@H](/C=C/[C@H]2[C@H](OC3CCCCO3)CC(=O)[C@@H]2CCCC/C=C/C(=O)O)OC2CCCCO2)C1. The number of unbranched alkanes of at least 4 members (excludes halogenated alkanes) is 2. The van der Waals surface area contributed by atoms with Crippen LogP contribution < -0.4 is 0 Å². The first kappa shape index (κ1) is 31.4. The maximum absolute atomic E-state index is 13.3. The van der Waals surface area contributed by atoms with Gasteiger partial charge in [-0.15, -0.1) is 0 Å². The molecule has 0 aromatic rings. The van der Waals surface area contributed by atoms with Gasteiger partial charge in [-0.1, -0.05) is 50.8 Å². The van der Waals surface area contributed by atoms with E-state index in [-0.39, 0.29) is 42.4 Å². The monoisotopic (exact) mass is 560 g/mol. The van der Waals surface area contributed by atoms with E-state index in [0.717, 1.165) is 76.9 Å². The zero-order valence-electron chi connectivity index (χ0n) is 24.6. The molecule has 0 bridgehead atoms. The Hall–Kier alpha value is -1.54. The molecule has 2 saturated carbocycles. The van der Waals surface area contributed by atoms with Gasteiger partial charge in [0.1, 0.15) is 5.78 Å². The molecule has 7 nitrogen and oxygen atoms in total. The molecular weight excluding hydrogens is 508 g/mol. The summed E-state index contributed by atoms with van der Waals surface area (Å²) in [6.07, 6.45) is 22.9.